The number of hydrogen-bond acceptors (Lipinski definition) is 2. The molecule has 0 aromatic heterocycles. The predicted molar refractivity (Wildman–Crippen MR) is 138 cm³/mol. The van der Waals surface area contributed by atoms with Gasteiger partial charge in [-0.15, -0.1) is 0 Å². The van der Waals surface area contributed by atoms with Crippen LogP contribution >= 0.6 is 15.9 Å². The van der Waals surface area contributed by atoms with Gasteiger partial charge in [0, 0.05) is 10.0 Å². The lowest BCUT2D eigenvalue weighted by molar-refractivity contribution is 0.241. The Morgan fingerprint density at radius 1 is 1.06 bits per heavy atom. The van der Waals surface area contributed by atoms with Crippen molar-refractivity contribution in [2.75, 3.05) is 7.11 Å². The van der Waals surface area contributed by atoms with Crippen molar-refractivity contribution < 1.29 is 9.47 Å². The number of benzene rings is 3. The molecular formula is C29H31BrO2. The van der Waals surface area contributed by atoms with Crippen molar-refractivity contribution in [2.45, 2.75) is 47.6 Å². The van der Waals surface area contributed by atoms with Crippen molar-refractivity contribution in [2.24, 2.45) is 5.41 Å². The SMILES string of the molecule is COc1cccc2c1-c1ccc(C)c(/C(C)=C\C(C)(C)C)c1C(c1cc(C)cc(Br)c1)O2. The molecule has 0 saturated carbocycles. The van der Waals surface area contributed by atoms with Crippen molar-refractivity contribution >= 4 is 21.5 Å². The predicted octanol–water partition coefficient (Wildman–Crippen LogP) is 8.67. The smallest absolute Gasteiger partial charge is 0.150 e. The standard InChI is InChI=1S/C29H31BrO2/c1-17-13-20(15-21(30)14-17)28-27-22(26-23(31-7)9-8-10-24(26)32-28)12-11-18(2)25(27)19(3)16-29(4,5)6/h8-16,28H,1-7H3/b19-16-. The molecule has 3 heteroatoms. The van der Waals surface area contributed by atoms with Crippen molar-refractivity contribution in [3.63, 3.8) is 0 Å². The van der Waals surface area contributed by atoms with Crippen molar-refractivity contribution in [1.29, 1.82) is 0 Å². The summed E-state index contributed by atoms with van der Waals surface area (Å²) in [6.07, 6.45) is 2.15. The lowest BCUT2D eigenvalue weighted by atomic mass is 9.80. The molecule has 3 aromatic rings. The maximum absolute atomic E-state index is 6.74. The summed E-state index contributed by atoms with van der Waals surface area (Å²) < 4.78 is 13.6. The van der Waals surface area contributed by atoms with Crippen molar-refractivity contribution in [1.82, 2.24) is 0 Å². The highest BCUT2D eigenvalue weighted by Gasteiger charge is 2.33. The van der Waals surface area contributed by atoms with Crippen LogP contribution < -0.4 is 9.47 Å². The van der Waals surface area contributed by atoms with Crippen LogP contribution in [0.4, 0.5) is 0 Å². The third-order valence-electron chi connectivity index (χ3n) is 5.85. The highest BCUT2D eigenvalue weighted by atomic mass is 79.9. The first-order chi connectivity index (χ1) is 15.1. The number of rotatable bonds is 3. The van der Waals surface area contributed by atoms with Gasteiger partial charge in [0.05, 0.1) is 12.7 Å². The summed E-state index contributed by atoms with van der Waals surface area (Å²) in [5.74, 6) is 1.69. The lowest BCUT2D eigenvalue weighted by Crippen LogP contribution is -2.19. The van der Waals surface area contributed by atoms with Gasteiger partial charge < -0.3 is 9.47 Å². The van der Waals surface area contributed by atoms with E-state index in [1.807, 2.05) is 18.2 Å². The van der Waals surface area contributed by atoms with E-state index in [-0.39, 0.29) is 11.5 Å². The van der Waals surface area contributed by atoms with Gasteiger partial charge in [-0.2, -0.15) is 0 Å². The summed E-state index contributed by atoms with van der Waals surface area (Å²) in [7, 11) is 1.72. The third kappa shape index (κ3) is 4.23. The van der Waals surface area contributed by atoms with Crippen LogP contribution in [0, 0.1) is 19.3 Å². The molecule has 32 heavy (non-hydrogen) atoms. The zero-order valence-corrected chi connectivity index (χ0v) is 21.6. The lowest BCUT2D eigenvalue weighted by Gasteiger charge is -2.33. The topological polar surface area (TPSA) is 18.5 Å². The monoisotopic (exact) mass is 490 g/mol. The highest BCUT2D eigenvalue weighted by Crippen LogP contribution is 2.51. The number of hydrogen-bond donors (Lipinski definition) is 0. The molecule has 0 radical (unpaired) electrons. The summed E-state index contributed by atoms with van der Waals surface area (Å²) in [4.78, 5) is 0. The van der Waals surface area contributed by atoms with Gasteiger partial charge in [0.15, 0.2) is 6.10 Å². The largest absolute Gasteiger partial charge is 0.496 e. The first-order valence-corrected chi connectivity index (χ1v) is 11.8. The molecule has 0 bridgehead atoms. The molecule has 0 saturated heterocycles. The van der Waals surface area contributed by atoms with Crippen LogP contribution in [0.25, 0.3) is 16.7 Å². The Morgan fingerprint density at radius 2 is 1.81 bits per heavy atom. The van der Waals surface area contributed by atoms with E-state index in [0.29, 0.717) is 0 Å². The molecule has 166 valence electrons. The van der Waals surface area contributed by atoms with Crippen LogP contribution in [0.15, 0.2) is 59.1 Å². The summed E-state index contributed by atoms with van der Waals surface area (Å²) in [5.41, 5.74) is 9.60. The Morgan fingerprint density at radius 3 is 2.47 bits per heavy atom. The van der Waals surface area contributed by atoms with E-state index in [1.165, 1.54) is 33.4 Å². The first-order valence-electron chi connectivity index (χ1n) is 11.0. The number of halogens is 1. The van der Waals surface area contributed by atoms with Crippen molar-refractivity contribution in [3.05, 3.63) is 86.9 Å². The van der Waals surface area contributed by atoms with Crippen LogP contribution in [0.2, 0.25) is 0 Å². The van der Waals surface area contributed by atoms with Gasteiger partial charge in [0.2, 0.25) is 0 Å². The van der Waals surface area contributed by atoms with Gasteiger partial charge in [-0.1, -0.05) is 67.0 Å². The second-order valence-electron chi connectivity index (χ2n) is 9.81. The summed E-state index contributed by atoms with van der Waals surface area (Å²) in [6.45, 7) is 13.3. The van der Waals surface area contributed by atoms with E-state index in [4.69, 9.17) is 9.47 Å². The molecule has 0 spiro atoms. The van der Waals surface area contributed by atoms with E-state index < -0.39 is 0 Å². The number of ether oxygens (including phenoxy) is 2. The Kier molecular flexibility index (Phi) is 5.98. The van der Waals surface area contributed by atoms with E-state index in [1.54, 1.807) is 7.11 Å². The number of methoxy groups -OCH3 is 1. The molecule has 0 fully saturated rings. The zero-order chi connectivity index (χ0) is 23.2. The van der Waals surface area contributed by atoms with E-state index >= 15 is 0 Å². The van der Waals surface area contributed by atoms with Crippen LogP contribution in [-0.2, 0) is 0 Å². The molecule has 1 aliphatic heterocycles. The van der Waals surface area contributed by atoms with Gasteiger partial charge in [-0.25, -0.2) is 0 Å². The van der Waals surface area contributed by atoms with Gasteiger partial charge in [0.25, 0.3) is 0 Å². The Bertz CT molecular complexity index is 1190. The van der Waals surface area contributed by atoms with Gasteiger partial charge >= 0.3 is 0 Å². The van der Waals surface area contributed by atoms with Gasteiger partial charge in [-0.3, -0.25) is 0 Å². The Balaban J connectivity index is 2.08. The van der Waals surface area contributed by atoms with Crippen LogP contribution in [0.3, 0.4) is 0 Å². The summed E-state index contributed by atoms with van der Waals surface area (Å²) in [6, 6.07) is 17.0. The molecular weight excluding hydrogens is 460 g/mol. The molecule has 0 aliphatic carbocycles. The Labute approximate surface area is 200 Å². The maximum atomic E-state index is 6.74. The third-order valence-corrected chi connectivity index (χ3v) is 6.31. The zero-order valence-electron chi connectivity index (χ0n) is 20.0. The minimum atomic E-state index is -0.209. The van der Waals surface area contributed by atoms with E-state index in [9.17, 15) is 0 Å². The quantitative estimate of drug-likeness (QED) is 0.365. The van der Waals surface area contributed by atoms with Gasteiger partial charge in [-0.05, 0) is 83.8 Å². The average Bonchev–Trinajstić information content (AvgIpc) is 2.70. The molecule has 0 amide bonds. The molecule has 0 N–H and O–H groups in total. The first kappa shape index (κ1) is 22.7. The molecule has 1 unspecified atom stereocenters. The molecule has 2 nitrogen and oxygen atoms in total. The van der Waals surface area contributed by atoms with E-state index in [2.05, 4.69) is 93.9 Å². The highest BCUT2D eigenvalue weighted by molar-refractivity contribution is 9.10. The van der Waals surface area contributed by atoms with Crippen molar-refractivity contribution in [3.8, 4) is 22.6 Å². The number of aryl methyl sites for hydroxylation is 2. The van der Waals surface area contributed by atoms with Crippen LogP contribution in [0.5, 0.6) is 11.5 Å². The second kappa shape index (κ2) is 8.44. The normalized spacial score (nSPS) is 15.6. The number of fused-ring (bicyclic) bond motifs is 3. The Hall–Kier alpha value is -2.52. The fraction of sp³-hybridized carbons (Fsp3) is 0.310. The fourth-order valence-corrected chi connectivity index (χ4v) is 5.47. The second-order valence-corrected chi connectivity index (χ2v) is 10.7. The molecule has 1 aliphatic rings. The fourth-order valence-electron chi connectivity index (χ4n) is 4.85. The minimum absolute atomic E-state index is 0.0756. The number of allylic oxidation sites excluding steroid dienone is 2. The molecule has 1 heterocycles. The van der Waals surface area contributed by atoms with Gasteiger partial charge in [0.1, 0.15) is 11.5 Å². The maximum Gasteiger partial charge on any atom is 0.150 e. The van der Waals surface area contributed by atoms with E-state index in [0.717, 1.165) is 27.1 Å². The minimum Gasteiger partial charge on any atom is -0.496 e. The molecule has 4 rings (SSSR count). The summed E-state index contributed by atoms with van der Waals surface area (Å²) in [5, 5.41) is 0. The molecule has 3 aromatic carbocycles. The van der Waals surface area contributed by atoms with Crippen LogP contribution in [0.1, 0.15) is 61.6 Å². The molecule has 1 atom stereocenters. The van der Waals surface area contributed by atoms with Crippen LogP contribution in [-0.4, -0.2) is 7.11 Å². The average molecular weight is 491 g/mol. The summed E-state index contributed by atoms with van der Waals surface area (Å²) >= 11 is 3.69.